The number of alkyl halides is 3. The van der Waals surface area contributed by atoms with E-state index in [1.165, 1.54) is 0 Å². The fraction of sp³-hybridized carbons (Fsp3) is 1.00. The second-order valence-corrected chi connectivity index (χ2v) is 5.56. The van der Waals surface area contributed by atoms with Gasteiger partial charge in [0.1, 0.15) is 0 Å². The Labute approximate surface area is 113 Å². The Morgan fingerprint density at radius 3 is 2.63 bits per heavy atom. The minimum Gasteiger partial charge on any atom is -0.394 e. The number of hydrogen-bond acceptors (Lipinski definition) is 3. The Kier molecular flexibility index (Phi) is 6.08. The van der Waals surface area contributed by atoms with Crippen molar-refractivity contribution in [2.45, 2.75) is 56.8 Å². The minimum absolute atomic E-state index is 0.0296. The molecule has 0 aromatic carbocycles. The van der Waals surface area contributed by atoms with Crippen LogP contribution in [0.15, 0.2) is 0 Å². The number of rotatable bonds is 6. The molecule has 0 aromatic heterocycles. The van der Waals surface area contributed by atoms with Crippen LogP contribution in [0.25, 0.3) is 0 Å². The topological polar surface area (TPSA) is 35.5 Å². The van der Waals surface area contributed by atoms with Gasteiger partial charge in [0.25, 0.3) is 0 Å². The molecule has 0 spiro atoms. The fourth-order valence-electron chi connectivity index (χ4n) is 2.93. The van der Waals surface area contributed by atoms with Gasteiger partial charge in [0, 0.05) is 18.1 Å². The van der Waals surface area contributed by atoms with Crippen molar-refractivity contribution >= 4 is 0 Å². The van der Waals surface area contributed by atoms with E-state index in [2.05, 4.69) is 5.32 Å². The highest BCUT2D eigenvalue weighted by atomic mass is 19.4. The summed E-state index contributed by atoms with van der Waals surface area (Å²) in [6.07, 6.45) is -1.42. The number of hydrogen-bond donors (Lipinski definition) is 2. The Morgan fingerprint density at radius 2 is 2.11 bits per heavy atom. The number of nitrogens with one attached hydrogen (secondary N) is 1. The van der Waals surface area contributed by atoms with Gasteiger partial charge in [-0.1, -0.05) is 6.92 Å². The lowest BCUT2D eigenvalue weighted by molar-refractivity contribution is -0.138. The molecular formula is C13H25F3N2O. The molecule has 1 saturated carbocycles. The van der Waals surface area contributed by atoms with Gasteiger partial charge in [0.05, 0.1) is 13.0 Å². The molecular weight excluding hydrogens is 257 g/mol. The van der Waals surface area contributed by atoms with Crippen molar-refractivity contribution in [1.82, 2.24) is 10.2 Å². The van der Waals surface area contributed by atoms with Crippen molar-refractivity contribution in [3.8, 4) is 0 Å². The zero-order valence-electron chi connectivity index (χ0n) is 11.8. The molecule has 1 aliphatic rings. The van der Waals surface area contributed by atoms with Crippen LogP contribution in [0.5, 0.6) is 0 Å². The summed E-state index contributed by atoms with van der Waals surface area (Å²) in [5, 5.41) is 12.9. The van der Waals surface area contributed by atoms with Gasteiger partial charge in [-0.2, -0.15) is 13.2 Å². The van der Waals surface area contributed by atoms with Crippen molar-refractivity contribution in [3.05, 3.63) is 0 Å². The average molecular weight is 282 g/mol. The third-order valence-corrected chi connectivity index (χ3v) is 4.04. The van der Waals surface area contributed by atoms with Crippen LogP contribution in [0, 0.1) is 0 Å². The van der Waals surface area contributed by atoms with E-state index in [1.54, 1.807) is 11.9 Å². The standard InChI is InChI=1S/C13H25F3N2O/c1-3-17-12(10-19)6-4-5-11(9-12)18(2)8-7-13(14,15)16/h11,17,19H,3-10H2,1-2H3. The van der Waals surface area contributed by atoms with Crippen LogP contribution in [0.4, 0.5) is 13.2 Å². The summed E-state index contributed by atoms with van der Waals surface area (Å²) in [7, 11) is 1.75. The largest absolute Gasteiger partial charge is 0.394 e. The van der Waals surface area contributed by atoms with Crippen LogP contribution in [-0.2, 0) is 0 Å². The zero-order chi connectivity index (χ0) is 14.5. The van der Waals surface area contributed by atoms with Gasteiger partial charge in [-0.05, 0) is 39.3 Å². The molecule has 0 radical (unpaired) electrons. The maximum absolute atomic E-state index is 12.2. The molecule has 1 rings (SSSR count). The van der Waals surface area contributed by atoms with E-state index in [1.807, 2.05) is 6.92 Å². The summed E-state index contributed by atoms with van der Waals surface area (Å²) in [6, 6.07) is 0.113. The molecule has 2 unspecified atom stereocenters. The molecule has 1 fully saturated rings. The summed E-state index contributed by atoms with van der Waals surface area (Å²) in [5.74, 6) is 0. The molecule has 19 heavy (non-hydrogen) atoms. The lowest BCUT2D eigenvalue weighted by atomic mass is 9.79. The zero-order valence-corrected chi connectivity index (χ0v) is 11.8. The molecule has 0 bridgehead atoms. The first kappa shape index (κ1) is 16.7. The Morgan fingerprint density at radius 1 is 1.42 bits per heavy atom. The summed E-state index contributed by atoms with van der Waals surface area (Å²) in [4.78, 5) is 1.79. The quantitative estimate of drug-likeness (QED) is 0.783. The summed E-state index contributed by atoms with van der Waals surface area (Å²) in [6.45, 7) is 2.82. The molecule has 114 valence electrons. The molecule has 0 saturated heterocycles. The maximum atomic E-state index is 12.2. The monoisotopic (exact) mass is 282 g/mol. The summed E-state index contributed by atoms with van der Waals surface area (Å²) >= 11 is 0. The van der Waals surface area contributed by atoms with Crippen molar-refractivity contribution in [1.29, 1.82) is 0 Å². The molecule has 1 aliphatic carbocycles. The van der Waals surface area contributed by atoms with Gasteiger partial charge in [0.15, 0.2) is 0 Å². The third kappa shape index (κ3) is 5.28. The van der Waals surface area contributed by atoms with Crippen LogP contribution in [-0.4, -0.2) is 54.5 Å². The molecule has 0 heterocycles. The molecule has 0 amide bonds. The molecule has 3 nitrogen and oxygen atoms in total. The molecule has 0 aromatic rings. The smallest absolute Gasteiger partial charge is 0.390 e. The summed E-state index contributed by atoms with van der Waals surface area (Å²) in [5.41, 5.74) is -0.315. The second kappa shape index (κ2) is 6.90. The lowest BCUT2D eigenvalue weighted by Gasteiger charge is -2.43. The normalized spacial score (nSPS) is 28.9. The Balaban J connectivity index is 2.53. The van der Waals surface area contributed by atoms with E-state index in [9.17, 15) is 18.3 Å². The molecule has 2 N–H and O–H groups in total. The van der Waals surface area contributed by atoms with Crippen LogP contribution in [0.3, 0.4) is 0 Å². The van der Waals surface area contributed by atoms with Gasteiger partial charge >= 0.3 is 6.18 Å². The van der Waals surface area contributed by atoms with E-state index in [-0.39, 0.29) is 24.7 Å². The van der Waals surface area contributed by atoms with E-state index in [4.69, 9.17) is 0 Å². The van der Waals surface area contributed by atoms with Gasteiger partial charge in [-0.15, -0.1) is 0 Å². The lowest BCUT2D eigenvalue weighted by Crippen LogP contribution is -2.55. The van der Waals surface area contributed by atoms with Crippen LogP contribution in [0.2, 0.25) is 0 Å². The van der Waals surface area contributed by atoms with Crippen LogP contribution < -0.4 is 5.32 Å². The SMILES string of the molecule is CCNC1(CO)CCCC(N(C)CCC(F)(F)F)C1. The van der Waals surface area contributed by atoms with Crippen molar-refractivity contribution in [3.63, 3.8) is 0 Å². The molecule has 6 heteroatoms. The highest BCUT2D eigenvalue weighted by Crippen LogP contribution is 2.31. The van der Waals surface area contributed by atoms with Crippen molar-refractivity contribution < 1.29 is 18.3 Å². The predicted molar refractivity (Wildman–Crippen MR) is 69.1 cm³/mol. The van der Waals surface area contributed by atoms with E-state index >= 15 is 0 Å². The van der Waals surface area contributed by atoms with E-state index in [0.717, 1.165) is 25.8 Å². The first-order valence-electron chi connectivity index (χ1n) is 6.95. The van der Waals surface area contributed by atoms with Gasteiger partial charge in [-0.25, -0.2) is 0 Å². The number of nitrogens with zero attached hydrogens (tertiary/aromatic N) is 1. The number of aliphatic hydroxyl groups is 1. The number of halogens is 3. The molecule has 0 aliphatic heterocycles. The first-order chi connectivity index (χ1) is 8.82. The highest BCUT2D eigenvalue weighted by molar-refractivity contribution is 4.95. The second-order valence-electron chi connectivity index (χ2n) is 5.56. The summed E-state index contributed by atoms with van der Waals surface area (Å²) < 4.78 is 36.7. The Hall–Kier alpha value is -0.330. The Bertz CT molecular complexity index is 269. The van der Waals surface area contributed by atoms with Gasteiger partial charge in [0.2, 0.25) is 0 Å². The van der Waals surface area contributed by atoms with Crippen molar-refractivity contribution in [2.75, 3.05) is 26.7 Å². The van der Waals surface area contributed by atoms with Crippen LogP contribution in [0.1, 0.15) is 39.0 Å². The average Bonchev–Trinajstić information content (AvgIpc) is 2.35. The molecule has 2 atom stereocenters. The number of aliphatic hydroxyl groups excluding tert-OH is 1. The van der Waals surface area contributed by atoms with E-state index in [0.29, 0.717) is 6.42 Å². The van der Waals surface area contributed by atoms with Gasteiger partial charge in [-0.3, -0.25) is 0 Å². The van der Waals surface area contributed by atoms with Crippen molar-refractivity contribution in [2.24, 2.45) is 0 Å². The van der Waals surface area contributed by atoms with E-state index < -0.39 is 12.6 Å². The highest BCUT2D eigenvalue weighted by Gasteiger charge is 2.37. The fourth-order valence-corrected chi connectivity index (χ4v) is 2.93. The maximum Gasteiger partial charge on any atom is 0.390 e. The minimum atomic E-state index is -4.10. The van der Waals surface area contributed by atoms with Gasteiger partial charge < -0.3 is 15.3 Å². The number of likely N-dealkylation sites (N-methyl/N-ethyl adjacent to an activating group) is 1. The van der Waals surface area contributed by atoms with Crippen LogP contribution >= 0.6 is 0 Å². The first-order valence-corrected chi connectivity index (χ1v) is 6.95. The predicted octanol–water partition coefficient (Wildman–Crippen LogP) is 2.15. The third-order valence-electron chi connectivity index (χ3n) is 4.04.